The third-order valence-electron chi connectivity index (χ3n) is 4.71. The zero-order valence-corrected chi connectivity index (χ0v) is 16.9. The van der Waals surface area contributed by atoms with Gasteiger partial charge in [0.05, 0.1) is 11.5 Å². The quantitative estimate of drug-likeness (QED) is 0.574. The molecule has 0 N–H and O–H groups in total. The van der Waals surface area contributed by atoms with Crippen LogP contribution in [0, 0.1) is 13.8 Å². The second kappa shape index (κ2) is 8.00. The first-order chi connectivity index (χ1) is 12.8. The fraction of sp³-hybridized carbons (Fsp3) is 0.350. The van der Waals surface area contributed by atoms with Gasteiger partial charge in [-0.05, 0) is 42.7 Å². The van der Waals surface area contributed by atoms with E-state index in [1.165, 1.54) is 0 Å². The molecule has 0 saturated carbocycles. The summed E-state index contributed by atoms with van der Waals surface area (Å²) >= 11 is 6.19. The number of carbonyl (C=O) groups excluding carboxylic acids is 1. The molecule has 1 atom stereocenters. The maximum absolute atomic E-state index is 13.0. The number of halogens is 1. The highest BCUT2D eigenvalue weighted by molar-refractivity contribution is 7.91. The van der Waals surface area contributed by atoms with Crippen molar-refractivity contribution in [3.05, 3.63) is 64.2 Å². The highest BCUT2D eigenvalue weighted by Gasteiger charge is 2.33. The van der Waals surface area contributed by atoms with Crippen LogP contribution >= 0.6 is 11.6 Å². The van der Waals surface area contributed by atoms with Gasteiger partial charge in [-0.2, -0.15) is 0 Å². The average Bonchev–Trinajstić information content (AvgIpc) is 2.62. The second-order valence-electron chi connectivity index (χ2n) is 6.79. The number of rotatable bonds is 4. The van der Waals surface area contributed by atoms with Crippen LogP contribution in [0.15, 0.2) is 42.5 Å². The Kier molecular flexibility index (Phi) is 5.89. The minimum Gasteiger partial charge on any atom is -0.425 e. The summed E-state index contributed by atoms with van der Waals surface area (Å²) in [5.74, 6) is 0.0949. The van der Waals surface area contributed by atoms with E-state index in [9.17, 15) is 13.2 Å². The fourth-order valence-electron chi connectivity index (χ4n) is 3.25. The lowest BCUT2D eigenvalue weighted by molar-refractivity contribution is -0.140. The Hall–Kier alpha value is -1.89. The van der Waals surface area contributed by atoms with Gasteiger partial charge in [0, 0.05) is 18.1 Å². The smallest absolute Gasteiger partial charge is 0.333 e. The number of esters is 1. The molecule has 7 heteroatoms. The van der Waals surface area contributed by atoms with Gasteiger partial charge in [0.1, 0.15) is 11.8 Å². The average molecular weight is 408 g/mol. The van der Waals surface area contributed by atoms with Crippen molar-refractivity contribution in [2.24, 2.45) is 0 Å². The van der Waals surface area contributed by atoms with Crippen molar-refractivity contribution in [1.29, 1.82) is 0 Å². The molecule has 5 nitrogen and oxygen atoms in total. The van der Waals surface area contributed by atoms with Crippen LogP contribution in [0.5, 0.6) is 5.75 Å². The highest BCUT2D eigenvalue weighted by atomic mass is 35.5. The first kappa shape index (κ1) is 19.9. The van der Waals surface area contributed by atoms with Gasteiger partial charge in [-0.3, -0.25) is 4.90 Å². The minimum absolute atomic E-state index is 0.0444. The number of hydrogen-bond acceptors (Lipinski definition) is 5. The lowest BCUT2D eigenvalue weighted by Gasteiger charge is -2.33. The maximum atomic E-state index is 13.0. The molecule has 1 fully saturated rings. The molecular formula is C20H22ClNO4S. The van der Waals surface area contributed by atoms with Crippen LogP contribution < -0.4 is 4.74 Å². The standard InChI is InChI=1S/C20H22ClNO4S/c1-14-12-17(13-15(2)18(14)21)26-20(23)19(16-6-4-3-5-7-16)22-8-10-27(24,25)11-9-22/h3-7,12-13,19H,8-11H2,1-2H3. The van der Waals surface area contributed by atoms with E-state index in [1.807, 2.05) is 49.1 Å². The molecule has 1 aliphatic heterocycles. The predicted octanol–water partition coefficient (Wildman–Crippen LogP) is 3.33. The van der Waals surface area contributed by atoms with Crippen LogP contribution in [0.2, 0.25) is 5.02 Å². The number of hydrogen-bond donors (Lipinski definition) is 0. The van der Waals surface area contributed by atoms with Crippen LogP contribution in [0.25, 0.3) is 0 Å². The summed E-state index contributed by atoms with van der Waals surface area (Å²) in [6.45, 7) is 4.32. The van der Waals surface area contributed by atoms with E-state index in [0.29, 0.717) is 23.9 Å². The zero-order chi connectivity index (χ0) is 19.6. The van der Waals surface area contributed by atoms with Crippen molar-refractivity contribution in [1.82, 2.24) is 4.90 Å². The molecular weight excluding hydrogens is 386 g/mol. The second-order valence-corrected chi connectivity index (χ2v) is 9.47. The number of ether oxygens (including phenoxy) is 1. The molecule has 1 heterocycles. The summed E-state index contributed by atoms with van der Waals surface area (Å²) in [5, 5.41) is 0.649. The Morgan fingerprint density at radius 2 is 1.63 bits per heavy atom. The topological polar surface area (TPSA) is 63.7 Å². The molecule has 144 valence electrons. The van der Waals surface area contributed by atoms with Gasteiger partial charge in [0.2, 0.25) is 0 Å². The van der Waals surface area contributed by atoms with Crippen LogP contribution in [0.3, 0.4) is 0 Å². The van der Waals surface area contributed by atoms with Gasteiger partial charge in [-0.25, -0.2) is 13.2 Å². The van der Waals surface area contributed by atoms with E-state index in [1.54, 1.807) is 12.1 Å². The minimum atomic E-state index is -3.04. The Balaban J connectivity index is 1.88. The molecule has 0 spiro atoms. The van der Waals surface area contributed by atoms with Crippen LogP contribution in [0.1, 0.15) is 22.7 Å². The Morgan fingerprint density at radius 3 is 2.19 bits per heavy atom. The first-order valence-corrected chi connectivity index (χ1v) is 10.9. The number of carbonyl (C=O) groups is 1. The monoisotopic (exact) mass is 407 g/mol. The van der Waals surface area contributed by atoms with Crippen molar-refractivity contribution in [2.75, 3.05) is 24.6 Å². The SMILES string of the molecule is Cc1cc(OC(=O)C(c2ccccc2)N2CCS(=O)(=O)CC2)cc(C)c1Cl. The summed E-state index contributed by atoms with van der Waals surface area (Å²) in [7, 11) is -3.04. The summed E-state index contributed by atoms with van der Waals surface area (Å²) < 4.78 is 29.2. The summed E-state index contributed by atoms with van der Waals surface area (Å²) in [5.41, 5.74) is 2.45. The summed E-state index contributed by atoms with van der Waals surface area (Å²) in [4.78, 5) is 14.9. The predicted molar refractivity (Wildman–Crippen MR) is 106 cm³/mol. The molecule has 0 bridgehead atoms. The fourth-order valence-corrected chi connectivity index (χ4v) is 4.59. The molecule has 0 aromatic heterocycles. The van der Waals surface area contributed by atoms with Crippen LogP contribution in [-0.4, -0.2) is 43.9 Å². The summed E-state index contributed by atoms with van der Waals surface area (Å²) in [6, 6.07) is 12.1. The van der Waals surface area contributed by atoms with Crippen LogP contribution in [0.4, 0.5) is 0 Å². The molecule has 0 amide bonds. The van der Waals surface area contributed by atoms with Crippen molar-refractivity contribution < 1.29 is 17.9 Å². The van der Waals surface area contributed by atoms with Gasteiger partial charge in [0.25, 0.3) is 0 Å². The van der Waals surface area contributed by atoms with Gasteiger partial charge in [0.15, 0.2) is 9.84 Å². The normalized spacial score (nSPS) is 18.0. The Morgan fingerprint density at radius 1 is 1.07 bits per heavy atom. The van der Waals surface area contributed by atoms with Crippen molar-refractivity contribution in [2.45, 2.75) is 19.9 Å². The zero-order valence-electron chi connectivity index (χ0n) is 15.3. The van der Waals surface area contributed by atoms with Gasteiger partial charge >= 0.3 is 5.97 Å². The highest BCUT2D eigenvalue weighted by Crippen LogP contribution is 2.29. The Labute approximate surface area is 164 Å². The first-order valence-electron chi connectivity index (χ1n) is 8.75. The van der Waals surface area contributed by atoms with E-state index < -0.39 is 21.8 Å². The van der Waals surface area contributed by atoms with E-state index in [4.69, 9.17) is 16.3 Å². The lowest BCUT2D eigenvalue weighted by atomic mass is 10.1. The molecule has 0 radical (unpaired) electrons. The van der Waals surface area contributed by atoms with Gasteiger partial charge < -0.3 is 4.74 Å². The molecule has 1 unspecified atom stereocenters. The van der Waals surface area contributed by atoms with Crippen molar-refractivity contribution in [3.8, 4) is 5.75 Å². The van der Waals surface area contributed by atoms with E-state index >= 15 is 0 Å². The summed E-state index contributed by atoms with van der Waals surface area (Å²) in [6.07, 6.45) is 0. The van der Waals surface area contributed by atoms with E-state index in [2.05, 4.69) is 0 Å². The number of aryl methyl sites for hydroxylation is 2. The lowest BCUT2D eigenvalue weighted by Crippen LogP contribution is -2.45. The molecule has 3 rings (SSSR count). The van der Waals surface area contributed by atoms with E-state index in [0.717, 1.165) is 16.7 Å². The van der Waals surface area contributed by atoms with Crippen LogP contribution in [-0.2, 0) is 14.6 Å². The number of benzene rings is 2. The molecule has 1 aliphatic rings. The van der Waals surface area contributed by atoms with Gasteiger partial charge in [-0.15, -0.1) is 0 Å². The number of nitrogens with zero attached hydrogens (tertiary/aromatic N) is 1. The largest absolute Gasteiger partial charge is 0.425 e. The van der Waals surface area contributed by atoms with E-state index in [-0.39, 0.29) is 11.5 Å². The molecule has 1 saturated heterocycles. The molecule has 2 aromatic rings. The maximum Gasteiger partial charge on any atom is 0.333 e. The third kappa shape index (κ3) is 4.69. The van der Waals surface area contributed by atoms with Gasteiger partial charge in [-0.1, -0.05) is 41.9 Å². The molecule has 27 heavy (non-hydrogen) atoms. The molecule has 2 aromatic carbocycles. The van der Waals surface area contributed by atoms with Crippen molar-refractivity contribution in [3.63, 3.8) is 0 Å². The number of sulfone groups is 1. The molecule has 0 aliphatic carbocycles. The van der Waals surface area contributed by atoms with Crippen molar-refractivity contribution >= 4 is 27.4 Å². The Bertz CT molecular complexity index is 907. The third-order valence-corrected chi connectivity index (χ3v) is 6.92.